The number of benzene rings is 1. The van der Waals surface area contributed by atoms with Crippen LogP contribution in [0.25, 0.3) is 0 Å². The Hall–Kier alpha value is -0.600. The van der Waals surface area contributed by atoms with E-state index in [1.54, 1.807) is 12.1 Å². The number of aryl methyl sites for hydroxylation is 1. The summed E-state index contributed by atoms with van der Waals surface area (Å²) in [4.78, 5) is 0. The van der Waals surface area contributed by atoms with Gasteiger partial charge < -0.3 is 5.32 Å². The van der Waals surface area contributed by atoms with Crippen LogP contribution in [0.2, 0.25) is 0 Å². The summed E-state index contributed by atoms with van der Waals surface area (Å²) in [5, 5.41) is 3.22. The van der Waals surface area contributed by atoms with E-state index in [1.807, 2.05) is 6.92 Å². The first kappa shape index (κ1) is 11.5. The molecule has 0 unspecified atom stereocenters. The molecule has 14 heavy (non-hydrogen) atoms. The fourth-order valence-corrected chi connectivity index (χ4v) is 1.38. The Labute approximate surface area is 89.3 Å². The summed E-state index contributed by atoms with van der Waals surface area (Å²) in [5.41, 5.74) is 2.13. The Morgan fingerprint density at radius 3 is 2.93 bits per heavy atom. The van der Waals surface area contributed by atoms with E-state index in [2.05, 4.69) is 5.32 Å². The van der Waals surface area contributed by atoms with Gasteiger partial charge in [-0.2, -0.15) is 0 Å². The molecular weight excluding hydrogens is 201 g/mol. The fraction of sp³-hybridized carbons (Fsp3) is 0.455. The van der Waals surface area contributed by atoms with Crippen LogP contribution in [0.5, 0.6) is 0 Å². The van der Waals surface area contributed by atoms with Gasteiger partial charge in [-0.25, -0.2) is 4.39 Å². The van der Waals surface area contributed by atoms with Gasteiger partial charge in [-0.3, -0.25) is 0 Å². The second-order valence-electron chi connectivity index (χ2n) is 3.29. The zero-order chi connectivity index (χ0) is 10.4. The SMILES string of the molecule is Cc1ccc(F)cc1CNCCCCl. The Balaban J connectivity index is 2.45. The highest BCUT2D eigenvalue weighted by Gasteiger charge is 1.99. The minimum atomic E-state index is -0.176. The van der Waals surface area contributed by atoms with Crippen molar-refractivity contribution in [1.82, 2.24) is 5.32 Å². The average molecular weight is 216 g/mol. The van der Waals surface area contributed by atoms with E-state index in [1.165, 1.54) is 6.07 Å². The molecule has 0 radical (unpaired) electrons. The van der Waals surface area contributed by atoms with Gasteiger partial charge in [0.1, 0.15) is 5.82 Å². The molecule has 0 bridgehead atoms. The first-order valence-corrected chi connectivity index (χ1v) is 5.29. The van der Waals surface area contributed by atoms with Crippen LogP contribution in [0, 0.1) is 12.7 Å². The molecule has 0 heterocycles. The third-order valence-electron chi connectivity index (χ3n) is 2.11. The van der Waals surface area contributed by atoms with Crippen molar-refractivity contribution < 1.29 is 4.39 Å². The monoisotopic (exact) mass is 215 g/mol. The van der Waals surface area contributed by atoms with Gasteiger partial charge in [0.2, 0.25) is 0 Å². The zero-order valence-electron chi connectivity index (χ0n) is 8.32. The molecule has 0 saturated carbocycles. The molecule has 0 aliphatic carbocycles. The van der Waals surface area contributed by atoms with Crippen molar-refractivity contribution in [2.75, 3.05) is 12.4 Å². The van der Waals surface area contributed by atoms with Crippen molar-refractivity contribution in [3.63, 3.8) is 0 Å². The van der Waals surface area contributed by atoms with Crippen LogP contribution >= 0.6 is 11.6 Å². The van der Waals surface area contributed by atoms with Crippen LogP contribution in [-0.2, 0) is 6.54 Å². The van der Waals surface area contributed by atoms with E-state index in [0.717, 1.165) is 24.1 Å². The van der Waals surface area contributed by atoms with Gasteiger partial charge in [0, 0.05) is 12.4 Å². The molecule has 0 saturated heterocycles. The second kappa shape index (κ2) is 5.99. The zero-order valence-corrected chi connectivity index (χ0v) is 9.07. The summed E-state index contributed by atoms with van der Waals surface area (Å²) >= 11 is 5.54. The van der Waals surface area contributed by atoms with Gasteiger partial charge >= 0.3 is 0 Å². The maximum Gasteiger partial charge on any atom is 0.123 e. The topological polar surface area (TPSA) is 12.0 Å². The highest BCUT2D eigenvalue weighted by atomic mass is 35.5. The minimum Gasteiger partial charge on any atom is -0.313 e. The molecule has 0 fully saturated rings. The van der Waals surface area contributed by atoms with Crippen molar-refractivity contribution >= 4 is 11.6 Å². The van der Waals surface area contributed by atoms with Crippen molar-refractivity contribution in [2.45, 2.75) is 19.9 Å². The molecule has 78 valence electrons. The van der Waals surface area contributed by atoms with Gasteiger partial charge in [-0.05, 0) is 43.1 Å². The van der Waals surface area contributed by atoms with Crippen LogP contribution in [0.15, 0.2) is 18.2 Å². The van der Waals surface area contributed by atoms with E-state index in [-0.39, 0.29) is 5.82 Å². The summed E-state index contributed by atoms with van der Waals surface area (Å²) in [6, 6.07) is 4.86. The van der Waals surface area contributed by atoms with Crippen LogP contribution in [0.3, 0.4) is 0 Å². The molecule has 1 N–H and O–H groups in total. The summed E-state index contributed by atoms with van der Waals surface area (Å²) < 4.78 is 12.9. The minimum absolute atomic E-state index is 0.176. The molecule has 0 amide bonds. The van der Waals surface area contributed by atoms with Crippen molar-refractivity contribution in [3.8, 4) is 0 Å². The predicted molar refractivity (Wildman–Crippen MR) is 58.2 cm³/mol. The molecule has 1 aromatic carbocycles. The number of hydrogen-bond acceptors (Lipinski definition) is 1. The molecule has 0 aromatic heterocycles. The van der Waals surface area contributed by atoms with Crippen molar-refractivity contribution in [3.05, 3.63) is 35.1 Å². The Kier molecular flexibility index (Phi) is 4.91. The maximum absolute atomic E-state index is 12.9. The lowest BCUT2D eigenvalue weighted by molar-refractivity contribution is 0.618. The van der Waals surface area contributed by atoms with Gasteiger partial charge in [-0.15, -0.1) is 11.6 Å². The third-order valence-corrected chi connectivity index (χ3v) is 2.38. The summed E-state index contributed by atoms with van der Waals surface area (Å²) in [7, 11) is 0. The first-order valence-electron chi connectivity index (χ1n) is 4.75. The van der Waals surface area contributed by atoms with Crippen LogP contribution < -0.4 is 5.32 Å². The molecule has 0 spiro atoms. The molecule has 1 nitrogen and oxygen atoms in total. The molecule has 1 rings (SSSR count). The smallest absolute Gasteiger partial charge is 0.123 e. The number of alkyl halides is 1. The van der Waals surface area contributed by atoms with Crippen molar-refractivity contribution in [2.24, 2.45) is 0 Å². The van der Waals surface area contributed by atoms with Gasteiger partial charge in [-0.1, -0.05) is 6.07 Å². The van der Waals surface area contributed by atoms with Gasteiger partial charge in [0.15, 0.2) is 0 Å². The Morgan fingerprint density at radius 2 is 2.21 bits per heavy atom. The normalized spacial score (nSPS) is 10.5. The van der Waals surface area contributed by atoms with Crippen LogP contribution in [0.1, 0.15) is 17.5 Å². The summed E-state index contributed by atoms with van der Waals surface area (Å²) in [5.74, 6) is 0.486. The first-order chi connectivity index (χ1) is 6.74. The number of rotatable bonds is 5. The highest BCUT2D eigenvalue weighted by molar-refractivity contribution is 6.17. The van der Waals surface area contributed by atoms with E-state index in [4.69, 9.17) is 11.6 Å². The van der Waals surface area contributed by atoms with E-state index < -0.39 is 0 Å². The van der Waals surface area contributed by atoms with E-state index >= 15 is 0 Å². The van der Waals surface area contributed by atoms with Gasteiger partial charge in [0.05, 0.1) is 0 Å². The van der Waals surface area contributed by atoms with E-state index in [9.17, 15) is 4.39 Å². The number of halogens is 2. The largest absolute Gasteiger partial charge is 0.313 e. The Bertz CT molecular complexity index is 289. The van der Waals surface area contributed by atoms with Gasteiger partial charge in [0.25, 0.3) is 0 Å². The van der Waals surface area contributed by atoms with Crippen LogP contribution in [0.4, 0.5) is 4.39 Å². The lowest BCUT2D eigenvalue weighted by atomic mass is 10.1. The molecule has 3 heteroatoms. The number of nitrogens with one attached hydrogen (secondary N) is 1. The average Bonchev–Trinajstić information content (AvgIpc) is 2.18. The lowest BCUT2D eigenvalue weighted by Crippen LogP contribution is -2.15. The molecule has 0 atom stereocenters. The predicted octanol–water partition coefficient (Wildman–Crippen LogP) is 2.85. The highest BCUT2D eigenvalue weighted by Crippen LogP contribution is 2.09. The molecule has 0 aliphatic heterocycles. The lowest BCUT2D eigenvalue weighted by Gasteiger charge is -2.06. The molecule has 0 aliphatic rings. The Morgan fingerprint density at radius 1 is 1.43 bits per heavy atom. The molecular formula is C11H15ClFN. The molecule has 1 aromatic rings. The fourth-order valence-electron chi connectivity index (χ4n) is 1.25. The maximum atomic E-state index is 12.9. The van der Waals surface area contributed by atoms with Crippen LogP contribution in [-0.4, -0.2) is 12.4 Å². The summed E-state index contributed by atoms with van der Waals surface area (Å²) in [6.45, 7) is 3.57. The van der Waals surface area contributed by atoms with Crippen molar-refractivity contribution in [1.29, 1.82) is 0 Å². The third kappa shape index (κ3) is 3.64. The van der Waals surface area contributed by atoms with E-state index in [0.29, 0.717) is 12.4 Å². The standard InChI is InChI=1S/C11H15ClFN/c1-9-3-4-11(13)7-10(9)8-14-6-2-5-12/h3-4,7,14H,2,5-6,8H2,1H3. The second-order valence-corrected chi connectivity index (χ2v) is 3.67. The quantitative estimate of drug-likeness (QED) is 0.589. The number of hydrogen-bond donors (Lipinski definition) is 1. The summed E-state index contributed by atoms with van der Waals surface area (Å²) in [6.07, 6.45) is 0.940.